The van der Waals surface area contributed by atoms with Gasteiger partial charge in [-0.3, -0.25) is 29.1 Å². The molecule has 0 radical (unpaired) electrons. The van der Waals surface area contributed by atoms with E-state index in [-0.39, 0.29) is 40.5 Å². The van der Waals surface area contributed by atoms with Crippen molar-refractivity contribution in [1.82, 2.24) is 20.6 Å². The van der Waals surface area contributed by atoms with Crippen LogP contribution in [0.15, 0.2) is 109 Å². The zero-order chi connectivity index (χ0) is 56.4. The van der Waals surface area contributed by atoms with Crippen LogP contribution < -0.4 is 55.0 Å². The van der Waals surface area contributed by atoms with Crippen molar-refractivity contribution < 1.29 is 60.8 Å². The highest BCUT2D eigenvalue weighted by Gasteiger charge is 2.56. The molecule has 0 unspecified atom stereocenters. The summed E-state index contributed by atoms with van der Waals surface area (Å²) in [6, 6.07) is 24.0. The van der Waals surface area contributed by atoms with Crippen LogP contribution in [0.25, 0.3) is 21.8 Å². The number of anilines is 3. The van der Waals surface area contributed by atoms with Crippen LogP contribution in [-0.2, 0) is 19.2 Å². The van der Waals surface area contributed by atoms with Gasteiger partial charge in [0.05, 0.1) is 50.0 Å². The topological polar surface area (TPSA) is 210 Å². The number of carbonyl (C=O) groups is 4. The molecule has 5 aromatic carbocycles. The number of benzene rings is 5. The molecule has 17 nitrogen and oxygen atoms in total. The normalized spacial score (nSPS) is 12.3. The monoisotopic (exact) mass is 1140 g/mol. The predicted molar refractivity (Wildman–Crippen MR) is 304 cm³/mol. The van der Waals surface area contributed by atoms with Crippen LogP contribution in [0, 0.1) is 22.9 Å². The zero-order valence-corrected chi connectivity index (χ0v) is 45.9. The standard InChI is InChI=1S/C58H60F3N7O10S2/c1-62-38-14-16-48(42(60)28-38)77-46-18-24-63-44-32-52(50(73-2)30-40(44)46)75-26-8-4-6-22-65-54(69)34-79-80-35-55(70)66-23-7-5-9-27-76-53-33-45-41(31-51(53)74-3)47(19-25-64-45)78-49-17-15-39(29-43(49)61)68-57(72)58(20-21-58)56(71)67-37-12-10-36(59)11-13-37/h10-19,24-25,28-33,62H,4-9,20-23,26-27,34-35H2,1-3H3,(H,65,69)(H,66,70)(H,67,71)(H,68,72). The highest BCUT2D eigenvalue weighted by atomic mass is 33.1. The minimum atomic E-state index is -1.32. The number of nitrogens with one attached hydrogen (secondary N) is 5. The molecule has 8 rings (SSSR count). The molecule has 0 atom stereocenters. The van der Waals surface area contributed by atoms with Crippen LogP contribution in [-0.4, -0.2) is 92.7 Å². The Hall–Kier alpha value is -8.11. The first-order valence-corrected chi connectivity index (χ1v) is 28.3. The number of nitrogens with zero attached hydrogens (tertiary/aromatic N) is 2. The van der Waals surface area contributed by atoms with E-state index in [0.717, 1.165) is 38.2 Å². The fraction of sp³-hybridized carbons (Fsp3) is 0.310. The summed E-state index contributed by atoms with van der Waals surface area (Å²) in [6.07, 6.45) is 8.30. The molecule has 80 heavy (non-hydrogen) atoms. The Morgan fingerprint density at radius 2 is 0.988 bits per heavy atom. The van der Waals surface area contributed by atoms with Gasteiger partial charge in [0, 0.05) is 84.6 Å². The summed E-state index contributed by atoms with van der Waals surface area (Å²) in [6.45, 7) is 1.82. The molecule has 2 aromatic heterocycles. The highest BCUT2D eigenvalue weighted by Crippen LogP contribution is 2.48. The number of halogens is 3. The smallest absolute Gasteiger partial charge is 0.240 e. The number of ether oxygens (including phenoxy) is 6. The number of aromatic nitrogens is 2. The average Bonchev–Trinajstić information content (AvgIpc) is 4.41. The Bertz CT molecular complexity index is 3320. The van der Waals surface area contributed by atoms with Gasteiger partial charge in [-0.2, -0.15) is 0 Å². The molecule has 1 aliphatic carbocycles. The van der Waals surface area contributed by atoms with Gasteiger partial charge in [-0.15, -0.1) is 0 Å². The molecule has 2 heterocycles. The molecule has 0 spiro atoms. The number of amides is 4. The van der Waals surface area contributed by atoms with E-state index < -0.39 is 34.7 Å². The zero-order valence-electron chi connectivity index (χ0n) is 44.2. The fourth-order valence-corrected chi connectivity index (χ4v) is 9.98. The number of carbonyl (C=O) groups excluding carboxylic acids is 4. The first-order chi connectivity index (χ1) is 38.9. The lowest BCUT2D eigenvalue weighted by Crippen LogP contribution is -2.35. The van der Waals surface area contributed by atoms with Crippen molar-refractivity contribution in [3.8, 4) is 46.0 Å². The second kappa shape index (κ2) is 28.2. The Balaban J connectivity index is 0.667. The summed E-state index contributed by atoms with van der Waals surface area (Å²) in [7, 11) is 7.40. The lowest BCUT2D eigenvalue weighted by Gasteiger charge is -2.16. The minimum absolute atomic E-state index is 0.0837. The highest BCUT2D eigenvalue weighted by molar-refractivity contribution is 8.77. The molecule has 0 aliphatic heterocycles. The van der Waals surface area contributed by atoms with E-state index in [4.69, 9.17) is 28.4 Å². The predicted octanol–water partition coefficient (Wildman–Crippen LogP) is 11.6. The Kier molecular flexibility index (Phi) is 20.4. The Labute approximate surface area is 468 Å². The van der Waals surface area contributed by atoms with E-state index in [1.807, 2.05) is 0 Å². The number of unbranched alkanes of at least 4 members (excludes halogenated alkanes) is 4. The first kappa shape index (κ1) is 58.0. The molecule has 0 bridgehead atoms. The van der Waals surface area contributed by atoms with Gasteiger partial charge in [0.1, 0.15) is 22.7 Å². The first-order valence-electron chi connectivity index (χ1n) is 25.8. The summed E-state index contributed by atoms with van der Waals surface area (Å²) in [5.41, 5.74) is 0.922. The summed E-state index contributed by atoms with van der Waals surface area (Å²) in [5, 5.41) is 15.2. The van der Waals surface area contributed by atoms with Crippen molar-refractivity contribution in [1.29, 1.82) is 0 Å². The third-order valence-electron chi connectivity index (χ3n) is 12.8. The number of rotatable bonds is 30. The van der Waals surface area contributed by atoms with Gasteiger partial charge in [-0.1, -0.05) is 21.6 Å². The minimum Gasteiger partial charge on any atom is -0.493 e. The van der Waals surface area contributed by atoms with E-state index in [9.17, 15) is 28.0 Å². The lowest BCUT2D eigenvalue weighted by molar-refractivity contribution is -0.131. The average molecular weight is 1140 g/mol. The van der Waals surface area contributed by atoms with E-state index in [1.54, 1.807) is 68.9 Å². The third-order valence-corrected chi connectivity index (χ3v) is 14.9. The van der Waals surface area contributed by atoms with Crippen molar-refractivity contribution >= 4 is 84.1 Å². The van der Waals surface area contributed by atoms with Gasteiger partial charge in [-0.25, -0.2) is 13.2 Å². The van der Waals surface area contributed by atoms with Crippen molar-refractivity contribution in [2.24, 2.45) is 5.41 Å². The van der Waals surface area contributed by atoms with E-state index in [1.165, 1.54) is 77.4 Å². The SMILES string of the molecule is CNc1ccc(Oc2ccnc3cc(OCCCCCNC(=O)CSSCC(=O)NCCCCCOc4cc5nccc(Oc6ccc(NC(=O)C7(C(=O)Nc8ccc(F)cc8)CC7)cc6F)c5cc4OC)c(OC)cc23)c(F)c1. The number of methoxy groups -OCH3 is 2. The van der Waals surface area contributed by atoms with Crippen molar-refractivity contribution in [3.05, 3.63) is 127 Å². The van der Waals surface area contributed by atoms with Crippen LogP contribution in [0.1, 0.15) is 51.4 Å². The van der Waals surface area contributed by atoms with Gasteiger partial charge in [-0.05, 0) is 124 Å². The van der Waals surface area contributed by atoms with Crippen LogP contribution in [0.2, 0.25) is 0 Å². The van der Waals surface area contributed by atoms with Crippen LogP contribution >= 0.6 is 21.6 Å². The number of fused-ring (bicyclic) bond motifs is 2. The van der Waals surface area contributed by atoms with Crippen molar-refractivity contribution in [2.45, 2.75) is 51.4 Å². The summed E-state index contributed by atoms with van der Waals surface area (Å²) < 4.78 is 78.6. The third kappa shape index (κ3) is 15.6. The van der Waals surface area contributed by atoms with Gasteiger partial charge in [0.15, 0.2) is 46.1 Å². The number of hydrogen-bond donors (Lipinski definition) is 5. The maximum Gasteiger partial charge on any atom is 0.240 e. The van der Waals surface area contributed by atoms with Crippen molar-refractivity contribution in [3.63, 3.8) is 0 Å². The molecule has 1 aliphatic rings. The fourth-order valence-electron chi connectivity index (χ4n) is 8.25. The maximum atomic E-state index is 15.4. The summed E-state index contributed by atoms with van der Waals surface area (Å²) in [5.74, 6) is -0.00839. The summed E-state index contributed by atoms with van der Waals surface area (Å²) >= 11 is 0. The number of hydrogen-bond acceptors (Lipinski definition) is 15. The lowest BCUT2D eigenvalue weighted by atomic mass is 10.0. The van der Waals surface area contributed by atoms with Gasteiger partial charge in [0.25, 0.3) is 0 Å². The quantitative estimate of drug-likeness (QED) is 0.0161. The second-order valence-electron chi connectivity index (χ2n) is 18.4. The van der Waals surface area contributed by atoms with Crippen LogP contribution in [0.4, 0.5) is 30.2 Å². The molecule has 22 heteroatoms. The summed E-state index contributed by atoms with van der Waals surface area (Å²) in [4.78, 5) is 59.9. The molecule has 1 fully saturated rings. The molecule has 5 N–H and O–H groups in total. The van der Waals surface area contributed by atoms with Gasteiger partial charge in [0.2, 0.25) is 23.6 Å². The van der Waals surface area contributed by atoms with Crippen LogP contribution in [0.3, 0.4) is 0 Å². The van der Waals surface area contributed by atoms with Gasteiger partial charge >= 0.3 is 0 Å². The van der Waals surface area contributed by atoms with Crippen molar-refractivity contribution in [2.75, 3.05) is 75.0 Å². The van der Waals surface area contributed by atoms with E-state index in [2.05, 4.69) is 36.6 Å². The van der Waals surface area contributed by atoms with E-state index in [0.29, 0.717) is 113 Å². The van der Waals surface area contributed by atoms with Gasteiger partial charge < -0.3 is 55.0 Å². The molecule has 4 amide bonds. The molecular formula is C58H60F3N7O10S2. The Morgan fingerprint density at radius 1 is 0.525 bits per heavy atom. The molecule has 1 saturated carbocycles. The Morgan fingerprint density at radius 3 is 1.45 bits per heavy atom. The largest absolute Gasteiger partial charge is 0.493 e. The molecular weight excluding hydrogens is 1080 g/mol. The van der Waals surface area contributed by atoms with Crippen LogP contribution in [0.5, 0.6) is 46.0 Å². The number of pyridine rings is 2. The molecule has 7 aromatic rings. The molecule has 420 valence electrons. The second-order valence-corrected chi connectivity index (χ2v) is 20.9. The maximum absolute atomic E-state index is 15.4. The molecule has 0 saturated heterocycles. The van der Waals surface area contributed by atoms with E-state index >= 15 is 4.39 Å².